The third kappa shape index (κ3) is 2.30. The molecule has 0 spiro atoms. The van der Waals surface area contributed by atoms with Crippen LogP contribution in [0.1, 0.15) is 25.0 Å². The zero-order chi connectivity index (χ0) is 8.97. The van der Waals surface area contributed by atoms with Gasteiger partial charge in [0.1, 0.15) is 0 Å². The molecule has 1 aromatic rings. The van der Waals surface area contributed by atoms with Crippen molar-refractivity contribution in [3.8, 4) is 0 Å². The van der Waals surface area contributed by atoms with Gasteiger partial charge < -0.3 is 5.11 Å². The van der Waals surface area contributed by atoms with Crippen LogP contribution in [0, 0.1) is 0 Å². The van der Waals surface area contributed by atoms with Gasteiger partial charge in [0, 0.05) is 18.3 Å². The van der Waals surface area contributed by atoms with Gasteiger partial charge in [-0.3, -0.25) is 9.07 Å². The summed E-state index contributed by atoms with van der Waals surface area (Å²) in [7, 11) is 0. The second-order valence-electron chi connectivity index (χ2n) is 2.76. The van der Waals surface area contributed by atoms with Gasteiger partial charge in [-0.2, -0.15) is 5.10 Å². The molecule has 1 N–H and O–H groups in total. The highest BCUT2D eigenvalue weighted by molar-refractivity contribution is 5.06. The molecule has 0 aliphatic carbocycles. The third-order valence-corrected chi connectivity index (χ3v) is 1.66. The summed E-state index contributed by atoms with van der Waals surface area (Å²) in [4.78, 5) is 0. The number of aliphatic hydroxyl groups excluding tert-OH is 1. The molecule has 12 heavy (non-hydrogen) atoms. The molecule has 4 heteroatoms. The van der Waals surface area contributed by atoms with E-state index in [9.17, 15) is 4.39 Å². The molecule has 0 amide bonds. The van der Waals surface area contributed by atoms with Crippen LogP contribution in [0.4, 0.5) is 4.39 Å². The highest BCUT2D eigenvalue weighted by Crippen LogP contribution is 2.09. The van der Waals surface area contributed by atoms with Crippen LogP contribution in [-0.2, 0) is 6.54 Å². The first-order valence-electron chi connectivity index (χ1n) is 4.00. The number of aromatic nitrogens is 2. The standard InChI is InChI=1S/C8H13FN2O/c1-7(12)8-5-10-11(6-8)4-2-3-9/h5-7,12H,2-4H2,1H3. The Kier molecular flexibility index (Phi) is 3.22. The Balaban J connectivity index is 2.52. The average Bonchev–Trinajstić information content (AvgIpc) is 2.48. The number of halogens is 1. The zero-order valence-electron chi connectivity index (χ0n) is 7.07. The first-order chi connectivity index (χ1) is 5.74. The van der Waals surface area contributed by atoms with Crippen LogP contribution in [-0.4, -0.2) is 21.6 Å². The summed E-state index contributed by atoms with van der Waals surface area (Å²) in [5.74, 6) is 0. The topological polar surface area (TPSA) is 38.1 Å². The minimum Gasteiger partial charge on any atom is -0.389 e. The van der Waals surface area contributed by atoms with Crippen LogP contribution < -0.4 is 0 Å². The number of hydrogen-bond donors (Lipinski definition) is 1. The SMILES string of the molecule is CC(O)c1cnn(CCCF)c1. The molecule has 0 aliphatic heterocycles. The number of rotatable bonds is 4. The molecule has 0 bridgehead atoms. The second kappa shape index (κ2) is 4.21. The molecule has 0 radical (unpaired) electrons. The normalized spacial score (nSPS) is 13.2. The van der Waals surface area contributed by atoms with E-state index in [2.05, 4.69) is 5.10 Å². The summed E-state index contributed by atoms with van der Waals surface area (Å²) >= 11 is 0. The number of hydrogen-bond acceptors (Lipinski definition) is 2. The highest BCUT2D eigenvalue weighted by Gasteiger charge is 2.02. The Morgan fingerprint density at radius 2 is 2.50 bits per heavy atom. The molecule has 68 valence electrons. The van der Waals surface area contributed by atoms with Crippen LogP contribution in [0.15, 0.2) is 12.4 Å². The Morgan fingerprint density at radius 3 is 3.00 bits per heavy atom. The smallest absolute Gasteiger partial charge is 0.0912 e. The van der Waals surface area contributed by atoms with Crippen LogP contribution in [0.2, 0.25) is 0 Å². The van der Waals surface area contributed by atoms with E-state index in [1.54, 1.807) is 24.0 Å². The Labute approximate surface area is 70.8 Å². The van der Waals surface area contributed by atoms with Gasteiger partial charge in [-0.25, -0.2) is 0 Å². The van der Waals surface area contributed by atoms with Gasteiger partial charge in [-0.05, 0) is 13.3 Å². The average molecular weight is 172 g/mol. The van der Waals surface area contributed by atoms with Gasteiger partial charge in [0.2, 0.25) is 0 Å². The molecule has 0 aromatic carbocycles. The lowest BCUT2D eigenvalue weighted by Gasteiger charge is -1.98. The van der Waals surface area contributed by atoms with Gasteiger partial charge in [-0.15, -0.1) is 0 Å². The molecule has 1 atom stereocenters. The first kappa shape index (κ1) is 9.19. The molecular formula is C8H13FN2O. The van der Waals surface area contributed by atoms with Gasteiger partial charge >= 0.3 is 0 Å². The van der Waals surface area contributed by atoms with Crippen molar-refractivity contribution in [1.29, 1.82) is 0 Å². The monoisotopic (exact) mass is 172 g/mol. The number of aliphatic hydroxyl groups is 1. The number of alkyl halides is 1. The van der Waals surface area contributed by atoms with Crippen molar-refractivity contribution in [2.75, 3.05) is 6.67 Å². The fraction of sp³-hybridized carbons (Fsp3) is 0.625. The predicted octanol–water partition coefficient (Wildman–Crippen LogP) is 1.30. The molecule has 0 fully saturated rings. The molecular weight excluding hydrogens is 159 g/mol. The van der Waals surface area contributed by atoms with E-state index in [1.165, 1.54) is 0 Å². The summed E-state index contributed by atoms with van der Waals surface area (Å²) in [6.07, 6.45) is 3.31. The van der Waals surface area contributed by atoms with E-state index >= 15 is 0 Å². The number of aryl methyl sites for hydroxylation is 1. The van der Waals surface area contributed by atoms with Crippen molar-refractivity contribution in [1.82, 2.24) is 9.78 Å². The van der Waals surface area contributed by atoms with Crippen molar-refractivity contribution in [2.24, 2.45) is 0 Å². The zero-order valence-corrected chi connectivity index (χ0v) is 7.07. The van der Waals surface area contributed by atoms with Gasteiger partial charge in [-0.1, -0.05) is 0 Å². The highest BCUT2D eigenvalue weighted by atomic mass is 19.1. The summed E-state index contributed by atoms with van der Waals surface area (Å²) < 4.78 is 13.4. The molecule has 1 rings (SSSR count). The summed E-state index contributed by atoms with van der Waals surface area (Å²) in [6.45, 7) is 1.92. The van der Waals surface area contributed by atoms with Gasteiger partial charge in [0.25, 0.3) is 0 Å². The molecule has 0 aliphatic rings. The van der Waals surface area contributed by atoms with E-state index < -0.39 is 6.10 Å². The molecule has 1 unspecified atom stereocenters. The maximum absolute atomic E-state index is 11.8. The summed E-state index contributed by atoms with van der Waals surface area (Å²) in [5, 5.41) is 13.1. The largest absolute Gasteiger partial charge is 0.389 e. The van der Waals surface area contributed by atoms with Crippen molar-refractivity contribution in [3.63, 3.8) is 0 Å². The predicted molar refractivity (Wildman–Crippen MR) is 43.5 cm³/mol. The summed E-state index contributed by atoms with van der Waals surface area (Å²) in [6, 6.07) is 0. The van der Waals surface area contributed by atoms with E-state index in [4.69, 9.17) is 5.11 Å². The van der Waals surface area contributed by atoms with Crippen LogP contribution >= 0.6 is 0 Å². The quantitative estimate of drug-likeness (QED) is 0.743. The van der Waals surface area contributed by atoms with Crippen LogP contribution in [0.25, 0.3) is 0 Å². The third-order valence-electron chi connectivity index (χ3n) is 1.66. The van der Waals surface area contributed by atoms with E-state index in [1.807, 2.05) is 0 Å². The van der Waals surface area contributed by atoms with E-state index in [-0.39, 0.29) is 6.67 Å². The molecule has 0 saturated heterocycles. The fourth-order valence-electron chi connectivity index (χ4n) is 0.939. The lowest BCUT2D eigenvalue weighted by Crippen LogP contribution is -1.98. The lowest BCUT2D eigenvalue weighted by atomic mass is 10.2. The van der Waals surface area contributed by atoms with Gasteiger partial charge in [0.05, 0.1) is 19.0 Å². The van der Waals surface area contributed by atoms with Crippen molar-refractivity contribution < 1.29 is 9.50 Å². The summed E-state index contributed by atoms with van der Waals surface area (Å²) in [5.41, 5.74) is 0.772. The maximum Gasteiger partial charge on any atom is 0.0912 e. The van der Waals surface area contributed by atoms with Crippen LogP contribution in [0.3, 0.4) is 0 Å². The Bertz CT molecular complexity index is 235. The molecule has 0 saturated carbocycles. The van der Waals surface area contributed by atoms with Crippen molar-refractivity contribution in [2.45, 2.75) is 26.0 Å². The van der Waals surface area contributed by atoms with Crippen molar-refractivity contribution in [3.05, 3.63) is 18.0 Å². The first-order valence-corrected chi connectivity index (χ1v) is 4.00. The maximum atomic E-state index is 11.8. The minimum atomic E-state index is -0.496. The second-order valence-corrected chi connectivity index (χ2v) is 2.76. The molecule has 1 heterocycles. The Hall–Kier alpha value is -0.900. The van der Waals surface area contributed by atoms with Gasteiger partial charge in [0.15, 0.2) is 0 Å². The molecule has 1 aromatic heterocycles. The number of nitrogens with zero attached hydrogens (tertiary/aromatic N) is 2. The van der Waals surface area contributed by atoms with Crippen LogP contribution in [0.5, 0.6) is 0 Å². The van der Waals surface area contributed by atoms with E-state index in [0.717, 1.165) is 5.56 Å². The van der Waals surface area contributed by atoms with Crippen molar-refractivity contribution >= 4 is 0 Å². The lowest BCUT2D eigenvalue weighted by molar-refractivity contribution is 0.199. The molecule has 3 nitrogen and oxygen atoms in total. The Morgan fingerprint density at radius 1 is 1.75 bits per heavy atom. The fourth-order valence-corrected chi connectivity index (χ4v) is 0.939. The van der Waals surface area contributed by atoms with E-state index in [0.29, 0.717) is 13.0 Å². The minimum absolute atomic E-state index is 0.329.